The predicted molar refractivity (Wildman–Crippen MR) is 80.0 cm³/mol. The number of nitrogens with one attached hydrogen (secondary N) is 1. The first-order valence-electron chi connectivity index (χ1n) is 6.46. The van der Waals surface area contributed by atoms with Crippen molar-refractivity contribution in [1.29, 1.82) is 0 Å². The molecule has 5 heteroatoms. The van der Waals surface area contributed by atoms with Gasteiger partial charge in [0, 0.05) is 13.0 Å². The second kappa shape index (κ2) is 6.30. The predicted octanol–water partition coefficient (Wildman–Crippen LogP) is 3.03. The second-order valence-electron chi connectivity index (χ2n) is 4.58. The van der Waals surface area contributed by atoms with Crippen LogP contribution in [0.4, 0.5) is 0 Å². The van der Waals surface area contributed by atoms with Crippen LogP contribution < -0.4 is 5.32 Å². The number of benzene rings is 1. The number of nitrogens with zero attached hydrogens (tertiary/aromatic N) is 3. The Morgan fingerprint density at radius 3 is 2.47 bits per heavy atom. The van der Waals surface area contributed by atoms with Crippen molar-refractivity contribution in [2.75, 3.05) is 7.05 Å². The van der Waals surface area contributed by atoms with E-state index in [2.05, 4.69) is 62.7 Å². The molecular weight excluding hydrogens is 304 g/mol. The summed E-state index contributed by atoms with van der Waals surface area (Å²) in [5, 5.41) is 11.6. The van der Waals surface area contributed by atoms with Crippen molar-refractivity contribution >= 4 is 15.9 Å². The van der Waals surface area contributed by atoms with Crippen molar-refractivity contribution < 1.29 is 0 Å². The smallest absolute Gasteiger partial charge is 0.153 e. The first-order valence-corrected chi connectivity index (χ1v) is 7.25. The van der Waals surface area contributed by atoms with Gasteiger partial charge in [0.05, 0.1) is 11.7 Å². The summed E-state index contributed by atoms with van der Waals surface area (Å²) in [6, 6.07) is 10.8. The molecule has 1 N–H and O–H groups in total. The van der Waals surface area contributed by atoms with Gasteiger partial charge in [-0.1, -0.05) is 42.5 Å². The minimum Gasteiger partial charge on any atom is -0.311 e. The molecule has 0 spiro atoms. The number of hydrogen-bond acceptors (Lipinski definition) is 3. The van der Waals surface area contributed by atoms with Crippen LogP contribution in [0.5, 0.6) is 0 Å². The quantitative estimate of drug-likeness (QED) is 0.920. The van der Waals surface area contributed by atoms with E-state index >= 15 is 0 Å². The number of rotatable bonds is 5. The molecule has 0 saturated carbocycles. The molecule has 0 aliphatic heterocycles. The average molecular weight is 323 g/mol. The SMILES string of the molecule is CCC(c1ccccc1)C(NC)c1c(Br)nnn1C. The molecule has 1 aromatic heterocycles. The Morgan fingerprint density at radius 2 is 2.00 bits per heavy atom. The van der Waals surface area contributed by atoms with Gasteiger partial charge in [-0.15, -0.1) is 5.10 Å². The van der Waals surface area contributed by atoms with Gasteiger partial charge in [-0.2, -0.15) is 0 Å². The lowest BCUT2D eigenvalue weighted by atomic mass is 9.87. The van der Waals surface area contributed by atoms with E-state index in [0.717, 1.165) is 16.7 Å². The Balaban J connectivity index is 2.40. The van der Waals surface area contributed by atoms with Gasteiger partial charge in [-0.05, 0) is 35.0 Å². The van der Waals surface area contributed by atoms with Gasteiger partial charge >= 0.3 is 0 Å². The van der Waals surface area contributed by atoms with Crippen LogP contribution >= 0.6 is 15.9 Å². The van der Waals surface area contributed by atoms with Crippen LogP contribution in [0.25, 0.3) is 0 Å². The monoisotopic (exact) mass is 322 g/mol. The van der Waals surface area contributed by atoms with Crippen LogP contribution in [0.15, 0.2) is 34.9 Å². The molecule has 2 rings (SSSR count). The summed E-state index contributed by atoms with van der Waals surface area (Å²) in [6.07, 6.45) is 1.05. The van der Waals surface area contributed by atoms with Crippen molar-refractivity contribution in [2.45, 2.75) is 25.3 Å². The first kappa shape index (κ1) is 14.2. The molecule has 2 aromatic rings. The summed E-state index contributed by atoms with van der Waals surface area (Å²) < 4.78 is 2.64. The van der Waals surface area contributed by atoms with Gasteiger partial charge in [-0.25, -0.2) is 4.68 Å². The van der Waals surface area contributed by atoms with Crippen LogP contribution in [0.3, 0.4) is 0 Å². The van der Waals surface area contributed by atoms with Crippen LogP contribution in [-0.2, 0) is 7.05 Å². The maximum absolute atomic E-state index is 4.09. The molecule has 0 fully saturated rings. The first-order chi connectivity index (χ1) is 9.19. The lowest BCUT2D eigenvalue weighted by molar-refractivity contribution is 0.438. The minimum atomic E-state index is 0.182. The molecule has 0 radical (unpaired) electrons. The lowest BCUT2D eigenvalue weighted by Gasteiger charge is -2.26. The molecule has 0 aliphatic carbocycles. The lowest BCUT2D eigenvalue weighted by Crippen LogP contribution is -2.26. The molecule has 19 heavy (non-hydrogen) atoms. The highest BCUT2D eigenvalue weighted by atomic mass is 79.9. The summed E-state index contributed by atoms with van der Waals surface area (Å²) in [5.41, 5.74) is 2.41. The van der Waals surface area contributed by atoms with E-state index in [0.29, 0.717) is 5.92 Å². The summed E-state index contributed by atoms with van der Waals surface area (Å²) in [4.78, 5) is 0. The normalized spacial score (nSPS) is 14.3. The van der Waals surface area contributed by atoms with Gasteiger partial charge in [0.2, 0.25) is 0 Å². The minimum absolute atomic E-state index is 0.182. The topological polar surface area (TPSA) is 42.7 Å². The number of aromatic nitrogens is 3. The Labute approximate surface area is 122 Å². The van der Waals surface area contributed by atoms with E-state index in [1.54, 1.807) is 0 Å². The van der Waals surface area contributed by atoms with Crippen LogP contribution in [-0.4, -0.2) is 22.0 Å². The Hall–Kier alpha value is -1.20. The maximum Gasteiger partial charge on any atom is 0.153 e. The molecule has 1 heterocycles. The number of likely N-dealkylation sites (N-methyl/N-ethyl adjacent to an activating group) is 1. The highest BCUT2D eigenvalue weighted by molar-refractivity contribution is 9.10. The van der Waals surface area contributed by atoms with Crippen LogP contribution in [0, 0.1) is 0 Å². The third-order valence-electron chi connectivity index (χ3n) is 3.50. The third kappa shape index (κ3) is 2.87. The fourth-order valence-electron chi connectivity index (χ4n) is 2.56. The Morgan fingerprint density at radius 1 is 1.32 bits per heavy atom. The third-order valence-corrected chi connectivity index (χ3v) is 4.07. The molecule has 0 amide bonds. The van der Waals surface area contributed by atoms with Crippen molar-refractivity contribution in [3.8, 4) is 0 Å². The van der Waals surface area contributed by atoms with Crippen LogP contribution in [0.2, 0.25) is 0 Å². The summed E-state index contributed by atoms with van der Waals surface area (Å²) in [7, 11) is 3.91. The molecule has 0 bridgehead atoms. The largest absolute Gasteiger partial charge is 0.311 e. The Bertz CT molecular complexity index is 504. The van der Waals surface area contributed by atoms with Crippen LogP contribution in [0.1, 0.15) is 36.6 Å². The molecule has 2 atom stereocenters. The zero-order valence-electron chi connectivity index (χ0n) is 11.5. The number of aryl methyl sites for hydroxylation is 1. The molecule has 1 aromatic carbocycles. The highest BCUT2D eigenvalue weighted by Crippen LogP contribution is 2.35. The van der Waals surface area contributed by atoms with Crippen molar-refractivity contribution in [3.05, 3.63) is 46.2 Å². The molecule has 0 aliphatic rings. The standard InChI is InChI=1S/C14H19BrN4/c1-4-11(10-8-6-5-7-9-10)12(16-2)13-14(15)17-18-19(13)3/h5-9,11-12,16H,4H2,1-3H3. The fraction of sp³-hybridized carbons (Fsp3) is 0.429. The van der Waals surface area contributed by atoms with Crippen molar-refractivity contribution in [1.82, 2.24) is 20.3 Å². The fourth-order valence-corrected chi connectivity index (χ4v) is 3.14. The van der Waals surface area contributed by atoms with E-state index in [9.17, 15) is 0 Å². The molecule has 2 unspecified atom stereocenters. The van der Waals surface area contributed by atoms with Gasteiger partial charge in [0.15, 0.2) is 4.60 Å². The van der Waals surface area contributed by atoms with Gasteiger partial charge in [0.25, 0.3) is 0 Å². The second-order valence-corrected chi connectivity index (χ2v) is 5.33. The summed E-state index contributed by atoms with van der Waals surface area (Å²) in [5.74, 6) is 0.389. The number of halogens is 1. The molecule has 4 nitrogen and oxygen atoms in total. The summed E-state index contributed by atoms with van der Waals surface area (Å²) >= 11 is 3.49. The van der Waals surface area contributed by atoms with Gasteiger partial charge < -0.3 is 5.32 Å². The summed E-state index contributed by atoms with van der Waals surface area (Å²) in [6.45, 7) is 2.21. The van der Waals surface area contributed by atoms with E-state index < -0.39 is 0 Å². The maximum atomic E-state index is 4.09. The van der Waals surface area contributed by atoms with Gasteiger partial charge in [-0.3, -0.25) is 0 Å². The number of hydrogen-bond donors (Lipinski definition) is 1. The molecular formula is C14H19BrN4. The Kier molecular flexibility index (Phi) is 4.71. The highest BCUT2D eigenvalue weighted by Gasteiger charge is 2.27. The van der Waals surface area contributed by atoms with E-state index in [1.807, 2.05) is 24.8 Å². The zero-order chi connectivity index (χ0) is 13.8. The molecule has 0 saturated heterocycles. The van der Waals surface area contributed by atoms with Gasteiger partial charge in [0.1, 0.15) is 0 Å². The average Bonchev–Trinajstić information content (AvgIpc) is 2.77. The van der Waals surface area contributed by atoms with Crippen molar-refractivity contribution in [3.63, 3.8) is 0 Å². The van der Waals surface area contributed by atoms with Crippen molar-refractivity contribution in [2.24, 2.45) is 7.05 Å². The zero-order valence-corrected chi connectivity index (χ0v) is 13.1. The van der Waals surface area contributed by atoms with E-state index in [4.69, 9.17) is 0 Å². The van der Waals surface area contributed by atoms with E-state index in [-0.39, 0.29) is 6.04 Å². The molecule has 102 valence electrons. The van der Waals surface area contributed by atoms with E-state index in [1.165, 1.54) is 5.56 Å².